The van der Waals surface area contributed by atoms with Gasteiger partial charge in [0.05, 0.1) is 0 Å². The summed E-state index contributed by atoms with van der Waals surface area (Å²) >= 11 is 0. The van der Waals surface area contributed by atoms with Crippen molar-refractivity contribution in [2.24, 2.45) is 11.7 Å². The van der Waals surface area contributed by atoms with Gasteiger partial charge < -0.3 is 15.6 Å². The third kappa shape index (κ3) is 5.22. The average Bonchev–Trinajstić information content (AvgIpc) is 2.36. The van der Waals surface area contributed by atoms with E-state index in [2.05, 4.69) is 4.74 Å². The molecule has 0 spiro atoms. The van der Waals surface area contributed by atoms with Crippen molar-refractivity contribution in [3.63, 3.8) is 0 Å². The SMILES string of the molecule is CC(CC(C)(N)C(=O)O)C(C)c1ccc(OC(F)(F)F)cc1. The Kier molecular flexibility index (Phi) is 5.45. The maximum atomic E-state index is 12.1. The van der Waals surface area contributed by atoms with E-state index in [0.717, 1.165) is 5.56 Å². The van der Waals surface area contributed by atoms with Gasteiger partial charge in [0, 0.05) is 0 Å². The van der Waals surface area contributed by atoms with Crippen LogP contribution in [0.4, 0.5) is 13.2 Å². The predicted molar refractivity (Wildman–Crippen MR) is 75.5 cm³/mol. The number of hydrogen-bond donors (Lipinski definition) is 2. The summed E-state index contributed by atoms with van der Waals surface area (Å²) in [6.45, 7) is 5.18. The molecule has 1 aromatic carbocycles. The molecular weight excluding hydrogens is 299 g/mol. The van der Waals surface area contributed by atoms with E-state index in [9.17, 15) is 18.0 Å². The van der Waals surface area contributed by atoms with Crippen molar-refractivity contribution in [1.82, 2.24) is 0 Å². The zero-order chi connectivity index (χ0) is 17.1. The molecular formula is C15H20F3NO3. The molecule has 0 heterocycles. The quantitative estimate of drug-likeness (QED) is 0.841. The van der Waals surface area contributed by atoms with Crippen molar-refractivity contribution in [3.8, 4) is 5.75 Å². The summed E-state index contributed by atoms with van der Waals surface area (Å²) in [5.74, 6) is -1.48. The largest absolute Gasteiger partial charge is 0.573 e. The Labute approximate surface area is 127 Å². The number of hydrogen-bond acceptors (Lipinski definition) is 3. The lowest BCUT2D eigenvalue weighted by molar-refractivity contribution is -0.274. The molecule has 1 rings (SSSR count). The Balaban J connectivity index is 2.77. The van der Waals surface area contributed by atoms with E-state index in [0.29, 0.717) is 0 Å². The summed E-state index contributed by atoms with van der Waals surface area (Å²) in [5, 5.41) is 9.04. The van der Waals surface area contributed by atoms with Crippen LogP contribution in [0.25, 0.3) is 0 Å². The monoisotopic (exact) mass is 319 g/mol. The van der Waals surface area contributed by atoms with Crippen LogP contribution in [-0.2, 0) is 4.79 Å². The van der Waals surface area contributed by atoms with Crippen molar-refractivity contribution in [2.75, 3.05) is 0 Å². The van der Waals surface area contributed by atoms with Crippen LogP contribution < -0.4 is 10.5 Å². The number of ether oxygens (including phenoxy) is 1. The molecule has 3 unspecified atom stereocenters. The number of carboxylic acid groups (broad SMARTS) is 1. The smallest absolute Gasteiger partial charge is 0.480 e. The van der Waals surface area contributed by atoms with Gasteiger partial charge in [-0.05, 0) is 42.9 Å². The molecule has 3 N–H and O–H groups in total. The molecule has 124 valence electrons. The van der Waals surface area contributed by atoms with Crippen LogP contribution in [0.1, 0.15) is 38.7 Å². The van der Waals surface area contributed by atoms with Gasteiger partial charge in [-0.25, -0.2) is 0 Å². The third-order valence-corrected chi connectivity index (χ3v) is 3.73. The first kappa shape index (κ1) is 18.3. The maximum absolute atomic E-state index is 12.1. The fourth-order valence-electron chi connectivity index (χ4n) is 2.23. The molecule has 0 aliphatic rings. The van der Waals surface area contributed by atoms with Gasteiger partial charge in [-0.15, -0.1) is 13.2 Å². The van der Waals surface area contributed by atoms with Crippen molar-refractivity contribution in [3.05, 3.63) is 29.8 Å². The Hall–Kier alpha value is -1.76. The lowest BCUT2D eigenvalue weighted by atomic mass is 9.80. The van der Waals surface area contributed by atoms with Gasteiger partial charge in [0.2, 0.25) is 0 Å². The van der Waals surface area contributed by atoms with E-state index in [1.165, 1.54) is 31.2 Å². The van der Waals surface area contributed by atoms with Crippen LogP contribution in [0, 0.1) is 5.92 Å². The molecule has 3 atom stereocenters. The minimum atomic E-state index is -4.72. The first-order chi connectivity index (χ1) is 9.92. The zero-order valence-electron chi connectivity index (χ0n) is 12.6. The van der Waals surface area contributed by atoms with Crippen LogP contribution in [-0.4, -0.2) is 23.0 Å². The Morgan fingerprint density at radius 1 is 1.27 bits per heavy atom. The zero-order valence-corrected chi connectivity index (χ0v) is 12.6. The first-order valence-electron chi connectivity index (χ1n) is 6.80. The minimum absolute atomic E-state index is 0.0536. The van der Waals surface area contributed by atoms with Gasteiger partial charge >= 0.3 is 12.3 Å². The van der Waals surface area contributed by atoms with Crippen LogP contribution in [0.15, 0.2) is 24.3 Å². The summed E-state index contributed by atoms with van der Waals surface area (Å²) in [7, 11) is 0. The lowest BCUT2D eigenvalue weighted by Crippen LogP contribution is -2.46. The molecule has 7 heteroatoms. The highest BCUT2D eigenvalue weighted by molar-refractivity contribution is 5.77. The summed E-state index contributed by atoms with van der Waals surface area (Å²) in [4.78, 5) is 11.0. The molecule has 0 aliphatic heterocycles. The molecule has 22 heavy (non-hydrogen) atoms. The number of nitrogens with two attached hydrogens (primary N) is 1. The van der Waals surface area contributed by atoms with Crippen molar-refractivity contribution < 1.29 is 27.8 Å². The highest BCUT2D eigenvalue weighted by atomic mass is 19.4. The Bertz CT molecular complexity index is 512. The van der Waals surface area contributed by atoms with E-state index in [4.69, 9.17) is 10.8 Å². The molecule has 0 radical (unpaired) electrons. The summed E-state index contributed by atoms with van der Waals surface area (Å²) < 4.78 is 40.1. The highest BCUT2D eigenvalue weighted by Gasteiger charge is 2.33. The third-order valence-electron chi connectivity index (χ3n) is 3.73. The molecule has 4 nitrogen and oxygen atoms in total. The number of halogens is 3. The van der Waals surface area contributed by atoms with Gasteiger partial charge in [-0.2, -0.15) is 0 Å². The molecule has 0 bridgehead atoms. The number of carboxylic acids is 1. The second kappa shape index (κ2) is 6.56. The fraction of sp³-hybridized carbons (Fsp3) is 0.533. The van der Waals surface area contributed by atoms with Gasteiger partial charge in [0.25, 0.3) is 0 Å². The number of alkyl halides is 3. The summed E-state index contributed by atoms with van der Waals surface area (Å²) in [6, 6.07) is 5.56. The molecule has 0 fully saturated rings. The van der Waals surface area contributed by atoms with E-state index in [-0.39, 0.29) is 24.0 Å². The minimum Gasteiger partial charge on any atom is -0.480 e. The van der Waals surface area contributed by atoms with Crippen LogP contribution in [0.5, 0.6) is 5.75 Å². The molecule has 0 saturated carbocycles. The Morgan fingerprint density at radius 3 is 2.18 bits per heavy atom. The van der Waals surface area contributed by atoms with E-state index >= 15 is 0 Å². The van der Waals surface area contributed by atoms with Crippen molar-refractivity contribution >= 4 is 5.97 Å². The van der Waals surface area contributed by atoms with Crippen molar-refractivity contribution in [1.29, 1.82) is 0 Å². The summed E-state index contributed by atoms with van der Waals surface area (Å²) in [5.41, 5.74) is 5.18. The van der Waals surface area contributed by atoms with Crippen LogP contribution in [0.3, 0.4) is 0 Å². The highest BCUT2D eigenvalue weighted by Crippen LogP contribution is 2.31. The second-order valence-electron chi connectivity index (χ2n) is 5.81. The van der Waals surface area contributed by atoms with Crippen LogP contribution in [0.2, 0.25) is 0 Å². The average molecular weight is 319 g/mol. The second-order valence-corrected chi connectivity index (χ2v) is 5.81. The topological polar surface area (TPSA) is 72.6 Å². The van der Waals surface area contributed by atoms with Gasteiger partial charge in [0.1, 0.15) is 11.3 Å². The van der Waals surface area contributed by atoms with E-state index < -0.39 is 17.9 Å². The Morgan fingerprint density at radius 2 is 1.77 bits per heavy atom. The van der Waals surface area contributed by atoms with Gasteiger partial charge in [-0.1, -0.05) is 26.0 Å². The molecule has 0 aliphatic carbocycles. The standard InChI is InChI=1S/C15H20F3NO3/c1-9(8-14(3,19)13(20)21)10(2)11-4-6-12(7-5-11)22-15(16,17)18/h4-7,9-10H,8,19H2,1-3H3,(H,20,21). The number of rotatable bonds is 6. The van der Waals surface area contributed by atoms with E-state index in [1.807, 2.05) is 13.8 Å². The van der Waals surface area contributed by atoms with E-state index in [1.54, 1.807) is 0 Å². The number of carbonyl (C=O) groups is 1. The fourth-order valence-corrected chi connectivity index (χ4v) is 2.23. The number of benzene rings is 1. The predicted octanol–water partition coefficient (Wildman–Crippen LogP) is 3.52. The normalized spacial score (nSPS) is 17.4. The maximum Gasteiger partial charge on any atom is 0.573 e. The molecule has 0 aromatic heterocycles. The molecule has 0 saturated heterocycles. The van der Waals surface area contributed by atoms with Gasteiger partial charge in [-0.3, -0.25) is 4.79 Å². The lowest BCUT2D eigenvalue weighted by Gasteiger charge is -2.27. The number of aliphatic carboxylic acids is 1. The molecule has 0 amide bonds. The van der Waals surface area contributed by atoms with Crippen LogP contribution >= 0.6 is 0 Å². The van der Waals surface area contributed by atoms with Crippen molar-refractivity contribution in [2.45, 2.75) is 45.0 Å². The first-order valence-corrected chi connectivity index (χ1v) is 6.80. The summed E-state index contributed by atoms with van der Waals surface area (Å²) in [6.07, 6.45) is -4.46. The molecule has 1 aromatic rings. The van der Waals surface area contributed by atoms with Gasteiger partial charge in [0.15, 0.2) is 0 Å².